The number of para-hydroxylation sites is 1. The SMILES string of the molecule is Cc1cccc(-c2cccnc2-c2ccccc2N)c1C. The Balaban J connectivity index is 2.26. The molecule has 0 aliphatic rings. The Bertz CT molecular complexity index is 791. The maximum Gasteiger partial charge on any atom is 0.0801 e. The summed E-state index contributed by atoms with van der Waals surface area (Å²) in [6, 6.07) is 18.3. The largest absolute Gasteiger partial charge is 0.398 e. The maximum absolute atomic E-state index is 6.13. The Labute approximate surface area is 125 Å². The molecule has 2 nitrogen and oxygen atoms in total. The standard InChI is InChI=1S/C19H18N2/c1-13-7-5-9-15(14(13)2)16-10-6-12-21-19(16)17-8-3-4-11-18(17)20/h3-12H,20H2,1-2H3. The molecule has 0 spiro atoms. The molecule has 1 heterocycles. The molecule has 0 amide bonds. The van der Waals surface area contributed by atoms with Crippen molar-refractivity contribution in [3.63, 3.8) is 0 Å². The van der Waals surface area contributed by atoms with Crippen LogP contribution in [0.4, 0.5) is 5.69 Å². The lowest BCUT2D eigenvalue weighted by atomic mass is 9.93. The second-order valence-electron chi connectivity index (χ2n) is 5.23. The number of nitrogens with two attached hydrogens (primary N) is 1. The van der Waals surface area contributed by atoms with Crippen LogP contribution in [0.3, 0.4) is 0 Å². The minimum absolute atomic E-state index is 0.753. The number of nitrogens with zero attached hydrogens (tertiary/aromatic N) is 1. The zero-order chi connectivity index (χ0) is 14.8. The van der Waals surface area contributed by atoms with Crippen molar-refractivity contribution in [1.82, 2.24) is 4.98 Å². The Morgan fingerprint density at radius 2 is 1.48 bits per heavy atom. The van der Waals surface area contributed by atoms with E-state index >= 15 is 0 Å². The highest BCUT2D eigenvalue weighted by atomic mass is 14.7. The van der Waals surface area contributed by atoms with Gasteiger partial charge in [0.05, 0.1) is 5.69 Å². The van der Waals surface area contributed by atoms with Crippen molar-refractivity contribution in [2.45, 2.75) is 13.8 Å². The van der Waals surface area contributed by atoms with Gasteiger partial charge in [0.2, 0.25) is 0 Å². The molecule has 2 N–H and O–H groups in total. The van der Waals surface area contributed by atoms with Gasteiger partial charge in [0.25, 0.3) is 0 Å². The summed E-state index contributed by atoms with van der Waals surface area (Å²) in [5.74, 6) is 0. The van der Waals surface area contributed by atoms with Gasteiger partial charge < -0.3 is 5.73 Å². The molecule has 0 bridgehead atoms. The van der Waals surface area contributed by atoms with Crippen LogP contribution in [0.15, 0.2) is 60.8 Å². The molecule has 3 aromatic rings. The fraction of sp³-hybridized carbons (Fsp3) is 0.105. The van der Waals surface area contributed by atoms with Crippen LogP contribution in [0.2, 0.25) is 0 Å². The first-order valence-corrected chi connectivity index (χ1v) is 7.05. The summed E-state index contributed by atoms with van der Waals surface area (Å²) in [4.78, 5) is 4.58. The van der Waals surface area contributed by atoms with Crippen LogP contribution in [-0.2, 0) is 0 Å². The molecule has 0 aliphatic heterocycles. The van der Waals surface area contributed by atoms with Crippen molar-refractivity contribution < 1.29 is 0 Å². The zero-order valence-electron chi connectivity index (χ0n) is 12.3. The molecular formula is C19H18N2. The van der Waals surface area contributed by atoms with E-state index in [0.29, 0.717) is 0 Å². The molecule has 0 unspecified atom stereocenters. The van der Waals surface area contributed by atoms with Crippen molar-refractivity contribution in [3.05, 3.63) is 71.9 Å². The van der Waals surface area contributed by atoms with Gasteiger partial charge in [-0.1, -0.05) is 42.5 Å². The molecule has 0 radical (unpaired) electrons. The van der Waals surface area contributed by atoms with Gasteiger partial charge >= 0.3 is 0 Å². The predicted molar refractivity (Wildman–Crippen MR) is 89.0 cm³/mol. The second kappa shape index (κ2) is 5.41. The number of rotatable bonds is 2. The van der Waals surface area contributed by atoms with Crippen LogP contribution in [-0.4, -0.2) is 4.98 Å². The quantitative estimate of drug-likeness (QED) is 0.693. The minimum atomic E-state index is 0.753. The third-order valence-electron chi connectivity index (χ3n) is 3.92. The molecule has 0 saturated heterocycles. The first kappa shape index (κ1) is 13.4. The van der Waals surface area contributed by atoms with E-state index in [-0.39, 0.29) is 0 Å². The van der Waals surface area contributed by atoms with Gasteiger partial charge in [-0.05, 0) is 42.7 Å². The highest BCUT2D eigenvalue weighted by molar-refractivity contribution is 5.87. The van der Waals surface area contributed by atoms with Crippen LogP contribution in [0, 0.1) is 13.8 Å². The summed E-state index contributed by atoms with van der Waals surface area (Å²) >= 11 is 0. The van der Waals surface area contributed by atoms with Crippen molar-refractivity contribution in [1.29, 1.82) is 0 Å². The first-order valence-electron chi connectivity index (χ1n) is 7.05. The third kappa shape index (κ3) is 2.40. The molecule has 3 rings (SSSR count). The van der Waals surface area contributed by atoms with E-state index in [9.17, 15) is 0 Å². The summed E-state index contributed by atoms with van der Waals surface area (Å²) in [6.07, 6.45) is 1.82. The van der Waals surface area contributed by atoms with Gasteiger partial charge in [0, 0.05) is 23.0 Å². The van der Waals surface area contributed by atoms with Gasteiger partial charge in [-0.25, -0.2) is 0 Å². The number of pyridine rings is 1. The van der Waals surface area contributed by atoms with Crippen LogP contribution >= 0.6 is 0 Å². The van der Waals surface area contributed by atoms with E-state index in [0.717, 1.165) is 22.5 Å². The van der Waals surface area contributed by atoms with Gasteiger partial charge in [0.15, 0.2) is 0 Å². The van der Waals surface area contributed by atoms with Crippen molar-refractivity contribution in [2.24, 2.45) is 0 Å². The van der Waals surface area contributed by atoms with Gasteiger partial charge in [-0.3, -0.25) is 4.98 Å². The van der Waals surface area contributed by atoms with E-state index in [1.54, 1.807) is 0 Å². The molecular weight excluding hydrogens is 256 g/mol. The van der Waals surface area contributed by atoms with Gasteiger partial charge in [-0.15, -0.1) is 0 Å². The van der Waals surface area contributed by atoms with Crippen LogP contribution in [0.25, 0.3) is 22.4 Å². The number of nitrogen functional groups attached to an aromatic ring is 1. The first-order chi connectivity index (χ1) is 10.2. The van der Waals surface area contributed by atoms with E-state index in [2.05, 4.69) is 43.1 Å². The lowest BCUT2D eigenvalue weighted by Crippen LogP contribution is -1.95. The molecule has 104 valence electrons. The number of aromatic nitrogens is 1. The molecule has 0 aliphatic carbocycles. The summed E-state index contributed by atoms with van der Waals surface area (Å²) in [5.41, 5.74) is 13.7. The summed E-state index contributed by atoms with van der Waals surface area (Å²) < 4.78 is 0. The highest BCUT2D eigenvalue weighted by Crippen LogP contribution is 2.35. The molecule has 21 heavy (non-hydrogen) atoms. The summed E-state index contributed by atoms with van der Waals surface area (Å²) in [6.45, 7) is 4.28. The average Bonchev–Trinajstić information content (AvgIpc) is 2.51. The minimum Gasteiger partial charge on any atom is -0.398 e. The number of hydrogen-bond donors (Lipinski definition) is 1. The van der Waals surface area contributed by atoms with E-state index < -0.39 is 0 Å². The van der Waals surface area contributed by atoms with E-state index in [4.69, 9.17) is 5.73 Å². The fourth-order valence-corrected chi connectivity index (χ4v) is 2.59. The number of benzene rings is 2. The number of hydrogen-bond acceptors (Lipinski definition) is 2. The van der Waals surface area contributed by atoms with Crippen LogP contribution in [0.1, 0.15) is 11.1 Å². The Hall–Kier alpha value is -2.61. The van der Waals surface area contributed by atoms with Crippen molar-refractivity contribution in [3.8, 4) is 22.4 Å². The number of aryl methyl sites for hydroxylation is 1. The Kier molecular flexibility index (Phi) is 3.44. The smallest absolute Gasteiger partial charge is 0.0801 e. The van der Waals surface area contributed by atoms with E-state index in [1.807, 2.05) is 36.5 Å². The van der Waals surface area contributed by atoms with E-state index in [1.165, 1.54) is 16.7 Å². The molecule has 0 saturated carbocycles. The lowest BCUT2D eigenvalue weighted by Gasteiger charge is -2.14. The summed E-state index contributed by atoms with van der Waals surface area (Å²) in [7, 11) is 0. The van der Waals surface area contributed by atoms with Crippen LogP contribution in [0.5, 0.6) is 0 Å². The molecule has 0 fully saturated rings. The topological polar surface area (TPSA) is 38.9 Å². The number of anilines is 1. The molecule has 0 atom stereocenters. The highest BCUT2D eigenvalue weighted by Gasteiger charge is 2.12. The monoisotopic (exact) mass is 274 g/mol. The maximum atomic E-state index is 6.13. The second-order valence-corrected chi connectivity index (χ2v) is 5.23. The Morgan fingerprint density at radius 1 is 0.762 bits per heavy atom. The Morgan fingerprint density at radius 3 is 2.29 bits per heavy atom. The van der Waals surface area contributed by atoms with Gasteiger partial charge in [-0.2, -0.15) is 0 Å². The predicted octanol–water partition coefficient (Wildman–Crippen LogP) is 4.61. The van der Waals surface area contributed by atoms with Crippen LogP contribution < -0.4 is 5.73 Å². The van der Waals surface area contributed by atoms with Crippen molar-refractivity contribution in [2.75, 3.05) is 5.73 Å². The van der Waals surface area contributed by atoms with Gasteiger partial charge in [0.1, 0.15) is 0 Å². The molecule has 1 aromatic heterocycles. The fourth-order valence-electron chi connectivity index (χ4n) is 2.59. The molecule has 2 aromatic carbocycles. The normalized spacial score (nSPS) is 10.6. The lowest BCUT2D eigenvalue weighted by molar-refractivity contribution is 1.30. The zero-order valence-corrected chi connectivity index (χ0v) is 12.3. The third-order valence-corrected chi connectivity index (χ3v) is 3.92. The summed E-state index contributed by atoms with van der Waals surface area (Å²) in [5, 5.41) is 0. The molecule has 2 heteroatoms. The van der Waals surface area contributed by atoms with Crippen molar-refractivity contribution >= 4 is 5.69 Å². The average molecular weight is 274 g/mol.